The van der Waals surface area contributed by atoms with Gasteiger partial charge in [0.25, 0.3) is 0 Å². The van der Waals surface area contributed by atoms with Crippen molar-refractivity contribution < 1.29 is 4.74 Å². The molecular formula is C47H70O. The Balaban J connectivity index is 0.912. The van der Waals surface area contributed by atoms with Gasteiger partial charge in [-0.05, 0) is 203 Å². The summed E-state index contributed by atoms with van der Waals surface area (Å²) in [5.41, 5.74) is 2.90. The van der Waals surface area contributed by atoms with Crippen molar-refractivity contribution in [2.24, 2.45) is 106 Å². The van der Waals surface area contributed by atoms with Crippen molar-refractivity contribution in [3.05, 3.63) is 11.6 Å². The third-order valence-corrected chi connectivity index (χ3v) is 20.7. The first kappa shape index (κ1) is 30.2. The van der Waals surface area contributed by atoms with Crippen LogP contribution in [0.4, 0.5) is 0 Å². The third kappa shape index (κ3) is 3.97. The number of allylic oxidation sites excluding steroid dienone is 2. The Morgan fingerprint density at radius 1 is 0.417 bits per heavy atom. The average Bonchev–Trinajstić information content (AvgIpc) is 3.86. The van der Waals surface area contributed by atoms with Gasteiger partial charge in [-0.2, -0.15) is 0 Å². The first-order valence-electron chi connectivity index (χ1n) is 23.2. The van der Waals surface area contributed by atoms with Gasteiger partial charge in [0, 0.05) is 5.41 Å². The standard InChI is InChI=1S/C47H70O/c1-2-11-30-29(10-1)33-15-9-16-35-45(33)38(30)26-42-46(35)34-14-4-7-18-40(34)47(42)39-17-6-3-12-31(39)36-24-27(20-22-41(36)47)28-21-23-44-37(25-28)32-13-5-8-19-43(32)48-44/h26-41,43-46H,1-25H2. The molecule has 1 heteroatoms. The lowest BCUT2D eigenvalue weighted by molar-refractivity contribution is -0.0128. The molecule has 0 aromatic rings. The molecule has 12 aliphatic rings. The quantitative estimate of drug-likeness (QED) is 0.257. The minimum Gasteiger partial charge on any atom is -0.374 e. The summed E-state index contributed by atoms with van der Waals surface area (Å²) in [5, 5.41) is 0. The van der Waals surface area contributed by atoms with E-state index in [0.29, 0.717) is 17.6 Å². The van der Waals surface area contributed by atoms with Gasteiger partial charge in [-0.1, -0.05) is 69.4 Å². The van der Waals surface area contributed by atoms with Crippen molar-refractivity contribution >= 4 is 0 Å². The van der Waals surface area contributed by atoms with E-state index in [0.717, 1.165) is 101 Å². The summed E-state index contributed by atoms with van der Waals surface area (Å²) in [5.74, 6) is 17.9. The first-order chi connectivity index (χ1) is 23.8. The molecule has 0 aromatic carbocycles. The van der Waals surface area contributed by atoms with Crippen LogP contribution in [-0.4, -0.2) is 12.2 Å². The molecule has 48 heavy (non-hydrogen) atoms. The van der Waals surface area contributed by atoms with Crippen LogP contribution in [0.1, 0.15) is 161 Å². The summed E-state index contributed by atoms with van der Waals surface area (Å²) in [4.78, 5) is 0. The largest absolute Gasteiger partial charge is 0.374 e. The Morgan fingerprint density at radius 3 is 1.85 bits per heavy atom. The average molecular weight is 651 g/mol. The molecule has 1 saturated heterocycles. The van der Waals surface area contributed by atoms with Gasteiger partial charge in [0.2, 0.25) is 0 Å². The lowest BCUT2D eigenvalue weighted by atomic mass is 9.53. The van der Waals surface area contributed by atoms with Crippen molar-refractivity contribution in [3.8, 4) is 0 Å². The number of fused-ring (bicyclic) bond motifs is 17. The van der Waals surface area contributed by atoms with E-state index in [-0.39, 0.29) is 0 Å². The molecule has 1 nitrogen and oxygen atoms in total. The maximum absolute atomic E-state index is 6.79. The monoisotopic (exact) mass is 651 g/mol. The predicted molar refractivity (Wildman–Crippen MR) is 194 cm³/mol. The van der Waals surface area contributed by atoms with Gasteiger partial charge < -0.3 is 4.74 Å². The Hall–Kier alpha value is -0.300. The minimum absolute atomic E-state index is 0.641. The smallest absolute Gasteiger partial charge is 0.0611 e. The van der Waals surface area contributed by atoms with Crippen LogP contribution in [-0.2, 0) is 4.74 Å². The third-order valence-electron chi connectivity index (χ3n) is 20.7. The number of ether oxygens (including phenoxy) is 1. The maximum Gasteiger partial charge on any atom is 0.0611 e. The van der Waals surface area contributed by atoms with Crippen molar-refractivity contribution in [3.63, 3.8) is 0 Å². The van der Waals surface area contributed by atoms with Crippen molar-refractivity contribution in [1.82, 2.24) is 0 Å². The maximum atomic E-state index is 6.79. The van der Waals surface area contributed by atoms with Gasteiger partial charge in [0.05, 0.1) is 12.2 Å². The van der Waals surface area contributed by atoms with Gasteiger partial charge in [-0.3, -0.25) is 0 Å². The summed E-state index contributed by atoms with van der Waals surface area (Å²) in [7, 11) is 0. The molecule has 0 radical (unpaired) electrons. The lowest BCUT2D eigenvalue weighted by Crippen LogP contribution is -2.44. The fraction of sp³-hybridized carbons (Fsp3) is 0.957. The molecule has 1 spiro atoms. The van der Waals surface area contributed by atoms with E-state index in [1.54, 1.807) is 122 Å². The van der Waals surface area contributed by atoms with Crippen LogP contribution in [0.2, 0.25) is 0 Å². The molecule has 1 heterocycles. The molecule has 0 N–H and O–H groups in total. The Labute approximate surface area is 294 Å². The van der Waals surface area contributed by atoms with E-state index in [1.807, 2.05) is 0 Å². The molecule has 0 amide bonds. The Kier molecular flexibility index (Phi) is 7.14. The van der Waals surface area contributed by atoms with E-state index in [1.165, 1.54) is 38.5 Å². The van der Waals surface area contributed by atoms with Crippen molar-refractivity contribution in [2.45, 2.75) is 173 Å². The molecule has 12 rings (SSSR count). The molecule has 20 atom stereocenters. The second-order valence-electron chi connectivity index (χ2n) is 21.5. The molecule has 0 bridgehead atoms. The normalized spacial score (nSPS) is 60.8. The molecule has 11 aliphatic carbocycles. The molecule has 1 aliphatic heterocycles. The van der Waals surface area contributed by atoms with Crippen LogP contribution in [0.3, 0.4) is 0 Å². The second kappa shape index (κ2) is 11.3. The summed E-state index contributed by atoms with van der Waals surface area (Å²) < 4.78 is 6.79. The van der Waals surface area contributed by atoms with Crippen LogP contribution >= 0.6 is 0 Å². The predicted octanol–water partition coefficient (Wildman–Crippen LogP) is 12.0. The van der Waals surface area contributed by atoms with Crippen LogP contribution in [0.15, 0.2) is 11.6 Å². The van der Waals surface area contributed by atoms with Crippen LogP contribution in [0.5, 0.6) is 0 Å². The molecule has 11 fully saturated rings. The van der Waals surface area contributed by atoms with E-state index in [9.17, 15) is 0 Å². The van der Waals surface area contributed by atoms with Crippen molar-refractivity contribution in [1.29, 1.82) is 0 Å². The van der Waals surface area contributed by atoms with Gasteiger partial charge in [-0.15, -0.1) is 0 Å². The van der Waals surface area contributed by atoms with E-state index in [4.69, 9.17) is 4.74 Å². The molecule has 264 valence electrons. The van der Waals surface area contributed by atoms with Gasteiger partial charge in [0.15, 0.2) is 0 Å². The SMILES string of the molecule is C1=C2C(C3CCCC4C5CCCCC5C1C43)C1CCCCC1C21C2CCCCC2C2CC(C3CCC4OC5CCCCC5C4C3)CCC21. The Morgan fingerprint density at radius 2 is 1.00 bits per heavy atom. The van der Waals surface area contributed by atoms with Gasteiger partial charge in [-0.25, -0.2) is 0 Å². The summed E-state index contributed by atoms with van der Waals surface area (Å²) >= 11 is 0. The summed E-state index contributed by atoms with van der Waals surface area (Å²) in [6.45, 7) is 0. The highest BCUT2D eigenvalue weighted by molar-refractivity contribution is 5.39. The lowest BCUT2D eigenvalue weighted by Gasteiger charge is -2.51. The fourth-order valence-electron chi connectivity index (χ4n) is 19.9. The highest BCUT2D eigenvalue weighted by Gasteiger charge is 2.73. The zero-order valence-electron chi connectivity index (χ0n) is 30.6. The van der Waals surface area contributed by atoms with Crippen LogP contribution in [0, 0.1) is 106 Å². The van der Waals surface area contributed by atoms with Crippen LogP contribution < -0.4 is 0 Å². The number of hydrogen-bond acceptors (Lipinski definition) is 1. The topological polar surface area (TPSA) is 9.23 Å². The first-order valence-corrected chi connectivity index (χ1v) is 23.2. The molecule has 10 saturated carbocycles. The van der Waals surface area contributed by atoms with Gasteiger partial charge in [0.1, 0.15) is 0 Å². The van der Waals surface area contributed by atoms with E-state index < -0.39 is 0 Å². The van der Waals surface area contributed by atoms with E-state index in [2.05, 4.69) is 11.6 Å². The molecular weight excluding hydrogens is 581 g/mol. The fourth-order valence-corrected chi connectivity index (χ4v) is 19.9. The summed E-state index contributed by atoms with van der Waals surface area (Å²) in [6, 6.07) is 0. The van der Waals surface area contributed by atoms with Crippen LogP contribution in [0.25, 0.3) is 0 Å². The minimum atomic E-state index is 0.641. The number of hydrogen-bond donors (Lipinski definition) is 0. The highest BCUT2D eigenvalue weighted by Crippen LogP contribution is 2.80. The van der Waals surface area contributed by atoms with Gasteiger partial charge >= 0.3 is 0 Å². The van der Waals surface area contributed by atoms with Crippen molar-refractivity contribution in [2.75, 3.05) is 0 Å². The van der Waals surface area contributed by atoms with E-state index >= 15 is 0 Å². The summed E-state index contributed by atoms with van der Waals surface area (Å²) in [6.07, 6.45) is 43.6. The zero-order chi connectivity index (χ0) is 31.1. The zero-order valence-corrected chi connectivity index (χ0v) is 30.6. The number of rotatable bonds is 1. The Bertz CT molecular complexity index is 1280. The molecule has 0 aromatic heterocycles. The second-order valence-corrected chi connectivity index (χ2v) is 21.5. The molecule has 20 unspecified atom stereocenters. The highest BCUT2D eigenvalue weighted by atomic mass is 16.5.